The maximum Gasteiger partial charge on any atom is 0.223 e. The van der Waals surface area contributed by atoms with Crippen molar-refractivity contribution in [2.24, 2.45) is 5.92 Å². The Hall–Kier alpha value is -0.830. The van der Waals surface area contributed by atoms with Crippen LogP contribution in [0.15, 0.2) is 28.7 Å². The molecule has 0 aliphatic heterocycles. The normalized spacial score (nSPS) is 12.2. The van der Waals surface area contributed by atoms with Gasteiger partial charge in [0.15, 0.2) is 0 Å². The number of carbonyl (C=O) groups excluding carboxylic acids is 1. The van der Waals surface area contributed by atoms with Crippen LogP contribution >= 0.6 is 15.9 Å². The van der Waals surface area contributed by atoms with Gasteiger partial charge in [0.05, 0.1) is 0 Å². The molecule has 0 fully saturated rings. The van der Waals surface area contributed by atoms with Crippen molar-refractivity contribution in [3.05, 3.63) is 34.3 Å². The third-order valence-electron chi connectivity index (χ3n) is 3.29. The molecule has 0 aliphatic carbocycles. The van der Waals surface area contributed by atoms with Crippen LogP contribution in [0.4, 0.5) is 0 Å². The minimum atomic E-state index is 0.115. The second kappa shape index (κ2) is 9.13. The lowest BCUT2D eigenvalue weighted by Crippen LogP contribution is -2.28. The van der Waals surface area contributed by atoms with Gasteiger partial charge in [-0.1, -0.05) is 67.6 Å². The van der Waals surface area contributed by atoms with Crippen LogP contribution in [0.2, 0.25) is 0 Å². The van der Waals surface area contributed by atoms with Gasteiger partial charge in [-0.3, -0.25) is 4.79 Å². The first-order valence-corrected chi connectivity index (χ1v) is 7.95. The molecule has 19 heavy (non-hydrogen) atoms. The van der Waals surface area contributed by atoms with Gasteiger partial charge in [-0.2, -0.15) is 0 Å². The van der Waals surface area contributed by atoms with Crippen LogP contribution in [0.5, 0.6) is 0 Å². The quantitative estimate of drug-likeness (QED) is 0.691. The predicted molar refractivity (Wildman–Crippen MR) is 83.9 cm³/mol. The number of amides is 1. The van der Waals surface area contributed by atoms with Gasteiger partial charge < -0.3 is 5.32 Å². The number of hydrogen-bond donors (Lipinski definition) is 1. The van der Waals surface area contributed by atoms with E-state index in [0.29, 0.717) is 6.54 Å². The summed E-state index contributed by atoms with van der Waals surface area (Å²) in [6.07, 6.45) is 5.89. The van der Waals surface area contributed by atoms with Crippen LogP contribution in [0, 0.1) is 5.92 Å². The summed E-state index contributed by atoms with van der Waals surface area (Å²) in [5.74, 6) is 0.278. The molecule has 0 saturated heterocycles. The highest BCUT2D eigenvalue weighted by Gasteiger charge is 2.11. The molecule has 0 saturated carbocycles. The van der Waals surface area contributed by atoms with Crippen LogP contribution in [-0.4, -0.2) is 5.91 Å². The molecule has 106 valence electrons. The Kier molecular flexibility index (Phi) is 7.80. The third-order valence-corrected chi connectivity index (χ3v) is 3.79. The van der Waals surface area contributed by atoms with Crippen molar-refractivity contribution < 1.29 is 4.79 Å². The van der Waals surface area contributed by atoms with E-state index in [4.69, 9.17) is 0 Å². The smallest absolute Gasteiger partial charge is 0.223 e. The molecule has 1 rings (SSSR count). The first-order valence-electron chi connectivity index (χ1n) is 7.15. The number of benzene rings is 1. The Morgan fingerprint density at radius 2 is 2.11 bits per heavy atom. The molecule has 1 aromatic carbocycles. The van der Waals surface area contributed by atoms with Crippen molar-refractivity contribution in [3.63, 3.8) is 0 Å². The Balaban J connectivity index is 2.26. The molecule has 3 heteroatoms. The van der Waals surface area contributed by atoms with E-state index in [2.05, 4.69) is 28.2 Å². The lowest BCUT2D eigenvalue weighted by atomic mass is 10.0. The van der Waals surface area contributed by atoms with Crippen LogP contribution in [0.1, 0.15) is 51.5 Å². The number of rotatable bonds is 8. The SMILES string of the molecule is CCCCCCC(C)C(=O)NCc1cccc(Br)c1. The standard InChI is InChI=1S/C16H24BrNO/c1-3-4-5-6-8-13(2)16(19)18-12-14-9-7-10-15(17)11-14/h7,9-11,13H,3-6,8,12H2,1-2H3,(H,18,19). The van der Waals surface area contributed by atoms with Gasteiger partial charge in [-0.15, -0.1) is 0 Å². The first-order chi connectivity index (χ1) is 9.13. The van der Waals surface area contributed by atoms with E-state index in [1.807, 2.05) is 31.2 Å². The van der Waals surface area contributed by atoms with Crippen molar-refractivity contribution in [2.75, 3.05) is 0 Å². The van der Waals surface area contributed by atoms with Crippen molar-refractivity contribution in [3.8, 4) is 0 Å². The number of halogens is 1. The zero-order valence-corrected chi connectivity index (χ0v) is 13.5. The first kappa shape index (κ1) is 16.2. The zero-order valence-electron chi connectivity index (χ0n) is 11.9. The molecule has 1 aromatic rings. The fraction of sp³-hybridized carbons (Fsp3) is 0.562. The van der Waals surface area contributed by atoms with Gasteiger partial charge in [-0.05, 0) is 24.1 Å². The number of hydrogen-bond acceptors (Lipinski definition) is 1. The molecule has 0 radical (unpaired) electrons. The summed E-state index contributed by atoms with van der Waals surface area (Å²) >= 11 is 3.43. The Morgan fingerprint density at radius 1 is 1.32 bits per heavy atom. The van der Waals surface area contributed by atoms with Crippen molar-refractivity contribution in [2.45, 2.75) is 52.5 Å². The molecule has 0 spiro atoms. The Morgan fingerprint density at radius 3 is 2.79 bits per heavy atom. The second-order valence-corrected chi connectivity index (χ2v) is 6.01. The molecule has 1 unspecified atom stereocenters. The molecule has 0 heterocycles. The molecule has 0 aliphatic rings. The average Bonchev–Trinajstić information content (AvgIpc) is 2.41. The maximum absolute atomic E-state index is 11.9. The third kappa shape index (κ3) is 6.76. The molecule has 0 aromatic heterocycles. The second-order valence-electron chi connectivity index (χ2n) is 5.10. The molecule has 0 bridgehead atoms. The van der Waals surface area contributed by atoms with Crippen LogP contribution < -0.4 is 5.32 Å². The lowest BCUT2D eigenvalue weighted by molar-refractivity contribution is -0.124. The van der Waals surface area contributed by atoms with Gasteiger partial charge in [0.1, 0.15) is 0 Å². The summed E-state index contributed by atoms with van der Waals surface area (Å²) in [6, 6.07) is 8.03. The van der Waals surface area contributed by atoms with E-state index in [0.717, 1.165) is 22.9 Å². The van der Waals surface area contributed by atoms with Gasteiger partial charge in [-0.25, -0.2) is 0 Å². The van der Waals surface area contributed by atoms with Crippen molar-refractivity contribution in [1.82, 2.24) is 5.32 Å². The Labute approximate surface area is 125 Å². The maximum atomic E-state index is 11.9. The van der Waals surface area contributed by atoms with Crippen LogP contribution in [0.25, 0.3) is 0 Å². The van der Waals surface area contributed by atoms with E-state index < -0.39 is 0 Å². The summed E-state index contributed by atoms with van der Waals surface area (Å²) in [6.45, 7) is 4.83. The minimum absolute atomic E-state index is 0.115. The minimum Gasteiger partial charge on any atom is -0.352 e. The number of carbonyl (C=O) groups is 1. The highest BCUT2D eigenvalue weighted by Crippen LogP contribution is 2.13. The van der Waals surface area contributed by atoms with Gasteiger partial charge in [0, 0.05) is 16.9 Å². The fourth-order valence-corrected chi connectivity index (χ4v) is 2.47. The topological polar surface area (TPSA) is 29.1 Å². The van der Waals surface area contributed by atoms with Gasteiger partial charge in [0.2, 0.25) is 5.91 Å². The lowest BCUT2D eigenvalue weighted by Gasteiger charge is -2.12. The number of nitrogens with one attached hydrogen (secondary N) is 1. The van der Waals surface area contributed by atoms with Crippen molar-refractivity contribution in [1.29, 1.82) is 0 Å². The summed E-state index contributed by atoms with van der Waals surface area (Å²) in [4.78, 5) is 11.9. The molecule has 2 nitrogen and oxygen atoms in total. The Bertz CT molecular complexity index is 392. The van der Waals surface area contributed by atoms with Gasteiger partial charge >= 0.3 is 0 Å². The molecule has 1 N–H and O–H groups in total. The summed E-state index contributed by atoms with van der Waals surface area (Å²) < 4.78 is 1.05. The molecular weight excluding hydrogens is 302 g/mol. The largest absolute Gasteiger partial charge is 0.352 e. The van der Waals surface area contributed by atoms with E-state index >= 15 is 0 Å². The molecule has 1 amide bonds. The van der Waals surface area contributed by atoms with Gasteiger partial charge in [0.25, 0.3) is 0 Å². The van der Waals surface area contributed by atoms with Crippen LogP contribution in [-0.2, 0) is 11.3 Å². The average molecular weight is 326 g/mol. The highest BCUT2D eigenvalue weighted by molar-refractivity contribution is 9.10. The summed E-state index contributed by atoms with van der Waals surface area (Å²) in [7, 11) is 0. The van der Waals surface area contributed by atoms with E-state index in [1.165, 1.54) is 19.3 Å². The summed E-state index contributed by atoms with van der Waals surface area (Å²) in [5, 5.41) is 3.01. The zero-order chi connectivity index (χ0) is 14.1. The van der Waals surface area contributed by atoms with Crippen LogP contribution in [0.3, 0.4) is 0 Å². The van der Waals surface area contributed by atoms with Crippen molar-refractivity contribution >= 4 is 21.8 Å². The molecular formula is C16H24BrNO. The highest BCUT2D eigenvalue weighted by atomic mass is 79.9. The summed E-state index contributed by atoms with van der Waals surface area (Å²) in [5.41, 5.74) is 1.13. The predicted octanol–water partition coefficient (Wildman–Crippen LogP) is 4.67. The number of unbranched alkanes of at least 4 members (excludes halogenated alkanes) is 3. The molecule has 1 atom stereocenters. The van der Waals surface area contributed by atoms with E-state index in [-0.39, 0.29) is 11.8 Å². The van der Waals surface area contributed by atoms with E-state index in [1.54, 1.807) is 0 Å². The fourth-order valence-electron chi connectivity index (χ4n) is 2.02. The van der Waals surface area contributed by atoms with E-state index in [9.17, 15) is 4.79 Å². The monoisotopic (exact) mass is 325 g/mol.